The molecule has 1 amide bonds. The van der Waals surface area contributed by atoms with Gasteiger partial charge < -0.3 is 4.90 Å². The predicted molar refractivity (Wildman–Crippen MR) is 88.6 cm³/mol. The zero-order chi connectivity index (χ0) is 14.0. The van der Waals surface area contributed by atoms with Gasteiger partial charge in [0, 0.05) is 29.2 Å². The molecule has 1 saturated heterocycles. The first-order valence-electron chi connectivity index (χ1n) is 5.80. The Bertz CT molecular complexity index is 569. The number of carbonyl (C=O) groups is 1. The summed E-state index contributed by atoms with van der Waals surface area (Å²) in [4.78, 5) is 14.0. The van der Waals surface area contributed by atoms with Crippen LogP contribution in [0.4, 0.5) is 0 Å². The lowest BCUT2D eigenvalue weighted by molar-refractivity contribution is 0.0750. The second kappa shape index (κ2) is 6.31. The van der Waals surface area contributed by atoms with E-state index in [4.69, 9.17) is 0 Å². The average molecular weight is 431 g/mol. The summed E-state index contributed by atoms with van der Waals surface area (Å²) in [6.07, 6.45) is 0. The van der Waals surface area contributed by atoms with Gasteiger partial charge >= 0.3 is 0 Å². The average Bonchev–Trinajstić information content (AvgIpc) is 2.84. The molecule has 0 bridgehead atoms. The van der Waals surface area contributed by atoms with E-state index in [0.29, 0.717) is 17.9 Å². The zero-order valence-corrected chi connectivity index (χ0v) is 14.9. The molecule has 1 aliphatic heterocycles. The third kappa shape index (κ3) is 3.45. The lowest BCUT2D eigenvalue weighted by Crippen LogP contribution is -2.50. The first-order valence-corrected chi connectivity index (χ1v) is 10.6. The SMILES string of the molecule is CCS(=O)(=O)C1CSCCN1C(=O)c1csc(I)c1. The van der Waals surface area contributed by atoms with Gasteiger partial charge in [-0.15, -0.1) is 11.3 Å². The number of nitrogens with zero attached hydrogens (tertiary/aromatic N) is 1. The zero-order valence-electron chi connectivity index (χ0n) is 10.3. The van der Waals surface area contributed by atoms with Crippen LogP contribution in [0.1, 0.15) is 17.3 Å². The summed E-state index contributed by atoms with van der Waals surface area (Å²) >= 11 is 5.25. The summed E-state index contributed by atoms with van der Waals surface area (Å²) in [5.41, 5.74) is 0.595. The van der Waals surface area contributed by atoms with E-state index >= 15 is 0 Å². The van der Waals surface area contributed by atoms with E-state index in [1.165, 1.54) is 16.2 Å². The van der Waals surface area contributed by atoms with E-state index < -0.39 is 15.2 Å². The number of rotatable bonds is 3. The molecule has 0 spiro atoms. The molecular formula is C11H14INO3S3. The van der Waals surface area contributed by atoms with E-state index in [9.17, 15) is 13.2 Å². The highest BCUT2D eigenvalue weighted by atomic mass is 127. The Morgan fingerprint density at radius 2 is 2.32 bits per heavy atom. The van der Waals surface area contributed by atoms with Crippen LogP contribution in [0.5, 0.6) is 0 Å². The van der Waals surface area contributed by atoms with Crippen LogP contribution in [0, 0.1) is 2.88 Å². The minimum Gasteiger partial charge on any atom is -0.320 e. The molecule has 1 fully saturated rings. The molecule has 0 aliphatic carbocycles. The van der Waals surface area contributed by atoms with Crippen molar-refractivity contribution in [1.82, 2.24) is 4.90 Å². The first kappa shape index (κ1) is 15.6. The molecular weight excluding hydrogens is 417 g/mol. The van der Waals surface area contributed by atoms with Gasteiger partial charge in [0.25, 0.3) is 5.91 Å². The van der Waals surface area contributed by atoms with Crippen molar-refractivity contribution in [2.75, 3.05) is 23.8 Å². The molecule has 1 aromatic heterocycles. The van der Waals surface area contributed by atoms with E-state index in [-0.39, 0.29) is 11.7 Å². The van der Waals surface area contributed by atoms with Gasteiger partial charge in [-0.3, -0.25) is 4.79 Å². The van der Waals surface area contributed by atoms with Gasteiger partial charge in [-0.2, -0.15) is 11.8 Å². The van der Waals surface area contributed by atoms with E-state index in [1.807, 2.05) is 6.07 Å². The maximum atomic E-state index is 12.4. The molecule has 1 aliphatic rings. The Labute approximate surface area is 135 Å². The summed E-state index contributed by atoms with van der Waals surface area (Å²) in [6, 6.07) is 1.81. The van der Waals surface area contributed by atoms with E-state index in [1.54, 1.807) is 24.1 Å². The molecule has 106 valence electrons. The third-order valence-electron chi connectivity index (χ3n) is 2.98. The topological polar surface area (TPSA) is 54.5 Å². The highest BCUT2D eigenvalue weighted by Crippen LogP contribution is 2.25. The number of hydrogen-bond donors (Lipinski definition) is 0. The van der Waals surface area contributed by atoms with Crippen molar-refractivity contribution in [3.05, 3.63) is 19.9 Å². The minimum absolute atomic E-state index is 0.0726. The lowest BCUT2D eigenvalue weighted by atomic mass is 10.3. The van der Waals surface area contributed by atoms with Crippen LogP contribution in [-0.4, -0.2) is 48.4 Å². The van der Waals surface area contributed by atoms with Crippen molar-refractivity contribution < 1.29 is 13.2 Å². The summed E-state index contributed by atoms with van der Waals surface area (Å²) in [6.45, 7) is 2.13. The summed E-state index contributed by atoms with van der Waals surface area (Å²) < 4.78 is 25.2. The predicted octanol–water partition coefficient (Wildman–Crippen LogP) is 2.30. The van der Waals surface area contributed by atoms with Gasteiger partial charge in [0.1, 0.15) is 5.37 Å². The van der Waals surface area contributed by atoms with Gasteiger partial charge in [0.05, 0.1) is 8.45 Å². The second-order valence-electron chi connectivity index (χ2n) is 4.12. The Morgan fingerprint density at radius 3 is 2.89 bits per heavy atom. The van der Waals surface area contributed by atoms with Gasteiger partial charge in [0.15, 0.2) is 9.84 Å². The molecule has 19 heavy (non-hydrogen) atoms. The van der Waals surface area contributed by atoms with E-state index in [2.05, 4.69) is 22.6 Å². The lowest BCUT2D eigenvalue weighted by Gasteiger charge is -2.34. The van der Waals surface area contributed by atoms with Crippen LogP contribution in [0.3, 0.4) is 0 Å². The fourth-order valence-corrected chi connectivity index (χ4v) is 6.18. The number of hydrogen-bond acceptors (Lipinski definition) is 5. The normalized spacial score (nSPS) is 20.5. The number of amides is 1. The molecule has 0 radical (unpaired) electrons. The van der Waals surface area contributed by atoms with Crippen molar-refractivity contribution in [2.24, 2.45) is 0 Å². The number of thioether (sulfide) groups is 1. The second-order valence-corrected chi connectivity index (χ2v) is 10.5. The molecule has 0 aromatic carbocycles. The monoisotopic (exact) mass is 431 g/mol. The summed E-state index contributed by atoms with van der Waals surface area (Å²) in [5, 5.41) is 1.11. The van der Waals surface area contributed by atoms with Gasteiger partial charge in [-0.25, -0.2) is 8.42 Å². The smallest absolute Gasteiger partial charge is 0.255 e. The van der Waals surface area contributed by atoms with Gasteiger partial charge in [0.2, 0.25) is 0 Å². The van der Waals surface area contributed by atoms with Crippen molar-refractivity contribution >= 4 is 61.4 Å². The molecule has 8 heteroatoms. The number of thiophene rings is 1. The fourth-order valence-electron chi connectivity index (χ4n) is 1.89. The fraction of sp³-hybridized carbons (Fsp3) is 0.545. The van der Waals surface area contributed by atoms with Crippen molar-refractivity contribution in [1.29, 1.82) is 0 Å². The standard InChI is InChI=1S/C11H14INO3S3/c1-2-19(15,16)10-7-17-4-3-13(10)11(14)8-5-9(12)18-6-8/h5-6,10H,2-4,7H2,1H3. The van der Waals surface area contributed by atoms with Crippen LogP contribution >= 0.6 is 45.7 Å². The molecule has 1 aromatic rings. The number of halogens is 1. The Balaban J connectivity index is 2.27. The Morgan fingerprint density at radius 1 is 1.58 bits per heavy atom. The van der Waals surface area contributed by atoms with Crippen molar-refractivity contribution in [3.63, 3.8) is 0 Å². The molecule has 2 heterocycles. The van der Waals surface area contributed by atoms with Gasteiger partial charge in [-0.05, 0) is 28.7 Å². The van der Waals surface area contributed by atoms with Crippen LogP contribution in [-0.2, 0) is 9.84 Å². The molecule has 0 N–H and O–H groups in total. The van der Waals surface area contributed by atoms with Crippen molar-refractivity contribution in [2.45, 2.75) is 12.3 Å². The number of sulfone groups is 1. The molecule has 1 unspecified atom stereocenters. The maximum absolute atomic E-state index is 12.4. The minimum atomic E-state index is -3.23. The largest absolute Gasteiger partial charge is 0.320 e. The first-order chi connectivity index (χ1) is 8.95. The number of carbonyl (C=O) groups excluding carboxylic acids is 1. The van der Waals surface area contributed by atoms with Crippen LogP contribution in [0.25, 0.3) is 0 Å². The molecule has 4 nitrogen and oxygen atoms in total. The van der Waals surface area contributed by atoms with Crippen LogP contribution < -0.4 is 0 Å². The quantitative estimate of drug-likeness (QED) is 0.690. The third-order valence-corrected chi connectivity index (χ3v) is 8.05. The highest BCUT2D eigenvalue weighted by Gasteiger charge is 2.36. The summed E-state index contributed by atoms with van der Waals surface area (Å²) in [7, 11) is -3.23. The maximum Gasteiger partial charge on any atom is 0.255 e. The molecule has 0 saturated carbocycles. The highest BCUT2D eigenvalue weighted by molar-refractivity contribution is 14.1. The van der Waals surface area contributed by atoms with Gasteiger partial charge in [-0.1, -0.05) is 6.92 Å². The Hall–Kier alpha value is 0.200. The Kier molecular flexibility index (Phi) is 5.18. The summed E-state index contributed by atoms with van der Waals surface area (Å²) in [5.74, 6) is 1.18. The van der Waals surface area contributed by atoms with Crippen molar-refractivity contribution in [3.8, 4) is 0 Å². The molecule has 1 atom stereocenters. The molecule has 2 rings (SSSR count). The van der Waals surface area contributed by atoms with Crippen LogP contribution in [0.15, 0.2) is 11.4 Å². The van der Waals surface area contributed by atoms with E-state index in [0.717, 1.165) is 8.64 Å². The van der Waals surface area contributed by atoms with Crippen LogP contribution in [0.2, 0.25) is 0 Å².